The number of anilines is 1. The number of nitrogens with one attached hydrogen (secondary N) is 1. The van der Waals surface area contributed by atoms with Crippen LogP contribution in [0.3, 0.4) is 0 Å². The number of aliphatic hydroxyl groups is 1. The second-order valence-corrected chi connectivity index (χ2v) is 6.62. The Morgan fingerprint density at radius 1 is 1.19 bits per heavy atom. The van der Waals surface area contributed by atoms with Crippen LogP contribution >= 0.6 is 0 Å². The van der Waals surface area contributed by atoms with Crippen LogP contribution in [0.1, 0.15) is 42.7 Å². The lowest BCUT2D eigenvalue weighted by molar-refractivity contribution is -0.121. The highest BCUT2D eigenvalue weighted by molar-refractivity contribution is 6.02. The molecular formula is C20H23N3O3. The zero-order valence-corrected chi connectivity index (χ0v) is 14.8. The lowest BCUT2D eigenvalue weighted by Crippen LogP contribution is -2.54. The monoisotopic (exact) mass is 353 g/mol. The third-order valence-corrected chi connectivity index (χ3v) is 4.80. The van der Waals surface area contributed by atoms with E-state index in [-0.39, 0.29) is 11.9 Å². The van der Waals surface area contributed by atoms with Gasteiger partial charge >= 0.3 is 6.03 Å². The number of hydrogen-bond donors (Lipinski definition) is 3. The summed E-state index contributed by atoms with van der Waals surface area (Å²) in [7, 11) is 0. The minimum Gasteiger partial charge on any atom is -0.389 e. The van der Waals surface area contributed by atoms with Gasteiger partial charge in [0.25, 0.3) is 5.91 Å². The fourth-order valence-electron chi connectivity index (χ4n) is 3.40. The number of primary amides is 1. The van der Waals surface area contributed by atoms with Gasteiger partial charge in [-0.3, -0.25) is 4.79 Å². The number of amides is 3. The molecule has 0 unspecified atom stereocenters. The molecule has 0 fully saturated rings. The zero-order valence-electron chi connectivity index (χ0n) is 14.8. The number of urea groups is 1. The molecule has 6 nitrogen and oxygen atoms in total. The summed E-state index contributed by atoms with van der Waals surface area (Å²) in [6.07, 6.45) is -0.263. The number of nitrogens with zero attached hydrogens (tertiary/aromatic N) is 1. The van der Waals surface area contributed by atoms with Gasteiger partial charge in [-0.2, -0.15) is 0 Å². The Labute approximate surface area is 152 Å². The molecule has 0 aromatic heterocycles. The molecule has 0 bridgehead atoms. The summed E-state index contributed by atoms with van der Waals surface area (Å²) in [6.45, 7) is 3.63. The minimum atomic E-state index is -0.722. The SMILES string of the molecule is C[C@@H](O)c1ccc2c(c1)N([C@@H](C)c1ccccc1)C(=O)[C@H](NC(N)=O)C2. The van der Waals surface area contributed by atoms with Gasteiger partial charge in [-0.05, 0) is 36.6 Å². The zero-order chi connectivity index (χ0) is 18.8. The Morgan fingerprint density at radius 2 is 1.88 bits per heavy atom. The van der Waals surface area contributed by atoms with Crippen molar-refractivity contribution in [3.63, 3.8) is 0 Å². The van der Waals surface area contributed by atoms with E-state index in [1.807, 2.05) is 55.5 Å². The number of rotatable bonds is 4. The summed E-state index contributed by atoms with van der Waals surface area (Å²) in [5.74, 6) is -0.213. The van der Waals surface area contributed by atoms with Gasteiger partial charge in [0.15, 0.2) is 0 Å². The normalized spacial score (nSPS) is 18.8. The summed E-state index contributed by atoms with van der Waals surface area (Å²) in [5.41, 5.74) is 8.65. The van der Waals surface area contributed by atoms with Gasteiger partial charge < -0.3 is 21.1 Å². The average molecular weight is 353 g/mol. The number of nitrogens with two attached hydrogens (primary N) is 1. The number of carbonyl (C=O) groups is 2. The summed E-state index contributed by atoms with van der Waals surface area (Å²) in [4.78, 5) is 26.1. The van der Waals surface area contributed by atoms with Crippen molar-refractivity contribution in [1.82, 2.24) is 5.32 Å². The van der Waals surface area contributed by atoms with Crippen LogP contribution in [0.5, 0.6) is 0 Å². The predicted molar refractivity (Wildman–Crippen MR) is 99.6 cm³/mol. The fourth-order valence-corrected chi connectivity index (χ4v) is 3.40. The molecule has 1 aliphatic heterocycles. The molecule has 6 heteroatoms. The predicted octanol–water partition coefficient (Wildman–Crippen LogP) is 2.43. The molecule has 136 valence electrons. The second kappa shape index (κ2) is 7.17. The quantitative estimate of drug-likeness (QED) is 0.788. The molecule has 4 N–H and O–H groups in total. The van der Waals surface area contributed by atoms with Gasteiger partial charge in [-0.25, -0.2) is 4.79 Å². The third kappa shape index (κ3) is 3.41. The van der Waals surface area contributed by atoms with Crippen molar-refractivity contribution in [3.8, 4) is 0 Å². The van der Waals surface area contributed by atoms with Crippen molar-refractivity contribution in [1.29, 1.82) is 0 Å². The number of benzene rings is 2. The number of aliphatic hydroxyl groups excluding tert-OH is 1. The molecule has 0 radical (unpaired) electrons. The van der Waals surface area contributed by atoms with Crippen LogP contribution in [0.15, 0.2) is 48.5 Å². The molecule has 2 aromatic rings. The molecule has 0 spiro atoms. The van der Waals surface area contributed by atoms with E-state index in [0.29, 0.717) is 6.42 Å². The van der Waals surface area contributed by atoms with E-state index in [4.69, 9.17) is 5.73 Å². The summed E-state index contributed by atoms with van der Waals surface area (Å²) < 4.78 is 0. The number of carbonyl (C=O) groups excluding carboxylic acids is 2. The first-order valence-electron chi connectivity index (χ1n) is 8.63. The van der Waals surface area contributed by atoms with Crippen molar-refractivity contribution in [2.75, 3.05) is 4.90 Å². The standard InChI is InChI=1S/C20H23N3O3/c1-12(14-6-4-3-5-7-14)23-18-11-15(13(2)24)8-9-16(18)10-17(19(23)25)22-20(21)26/h3-9,11-13,17,24H,10H2,1-2H3,(H3,21,22,26)/t12-,13+,17+/m0/s1. The van der Waals surface area contributed by atoms with E-state index in [0.717, 1.165) is 22.4 Å². The van der Waals surface area contributed by atoms with Crippen molar-refractivity contribution in [2.24, 2.45) is 5.73 Å². The molecule has 0 aliphatic carbocycles. The summed E-state index contributed by atoms with van der Waals surface area (Å²) >= 11 is 0. The Bertz CT molecular complexity index is 820. The summed E-state index contributed by atoms with van der Waals surface area (Å²) in [6, 6.07) is 13.6. The van der Waals surface area contributed by atoms with Crippen LogP contribution in [0, 0.1) is 0 Å². The maximum Gasteiger partial charge on any atom is 0.312 e. The van der Waals surface area contributed by atoms with E-state index in [9.17, 15) is 14.7 Å². The Morgan fingerprint density at radius 3 is 2.50 bits per heavy atom. The van der Waals surface area contributed by atoms with Gasteiger partial charge in [0.1, 0.15) is 6.04 Å². The van der Waals surface area contributed by atoms with E-state index < -0.39 is 18.2 Å². The maximum atomic E-state index is 13.1. The van der Waals surface area contributed by atoms with E-state index in [1.165, 1.54) is 0 Å². The molecule has 0 saturated heterocycles. The van der Waals surface area contributed by atoms with Crippen LogP contribution in [-0.4, -0.2) is 23.1 Å². The van der Waals surface area contributed by atoms with Crippen LogP contribution < -0.4 is 16.0 Å². The first kappa shape index (κ1) is 17.9. The van der Waals surface area contributed by atoms with Crippen molar-refractivity contribution in [2.45, 2.75) is 38.5 Å². The Kier molecular flexibility index (Phi) is 4.95. The smallest absolute Gasteiger partial charge is 0.312 e. The molecule has 0 saturated carbocycles. The largest absolute Gasteiger partial charge is 0.389 e. The molecule has 1 aliphatic rings. The summed E-state index contributed by atoms with van der Waals surface area (Å²) in [5, 5.41) is 12.5. The molecule has 3 amide bonds. The third-order valence-electron chi connectivity index (χ3n) is 4.80. The Hall–Kier alpha value is -2.86. The van der Waals surface area contributed by atoms with Crippen molar-refractivity contribution < 1.29 is 14.7 Å². The van der Waals surface area contributed by atoms with Gasteiger partial charge in [-0.1, -0.05) is 42.5 Å². The molecular weight excluding hydrogens is 330 g/mol. The molecule has 3 atom stereocenters. The first-order chi connectivity index (χ1) is 12.4. The highest BCUT2D eigenvalue weighted by Gasteiger charge is 2.36. The van der Waals surface area contributed by atoms with Crippen LogP contribution in [-0.2, 0) is 11.2 Å². The van der Waals surface area contributed by atoms with Crippen LogP contribution in [0.2, 0.25) is 0 Å². The Balaban J connectivity index is 2.08. The highest BCUT2D eigenvalue weighted by atomic mass is 16.3. The van der Waals surface area contributed by atoms with Gasteiger partial charge in [0.2, 0.25) is 0 Å². The van der Waals surface area contributed by atoms with E-state index >= 15 is 0 Å². The van der Waals surface area contributed by atoms with Gasteiger partial charge in [0, 0.05) is 12.1 Å². The molecule has 2 aromatic carbocycles. The van der Waals surface area contributed by atoms with E-state index in [1.54, 1.807) is 11.8 Å². The number of fused-ring (bicyclic) bond motifs is 1. The lowest BCUT2D eigenvalue weighted by atomic mass is 9.92. The topological polar surface area (TPSA) is 95.7 Å². The lowest BCUT2D eigenvalue weighted by Gasteiger charge is -2.38. The van der Waals surface area contributed by atoms with Gasteiger partial charge in [0.05, 0.1) is 12.1 Å². The molecule has 1 heterocycles. The van der Waals surface area contributed by atoms with Crippen molar-refractivity contribution >= 4 is 17.6 Å². The molecule has 3 rings (SSSR count). The fraction of sp³-hybridized carbons (Fsp3) is 0.300. The van der Waals surface area contributed by atoms with Crippen LogP contribution in [0.25, 0.3) is 0 Å². The second-order valence-electron chi connectivity index (χ2n) is 6.62. The van der Waals surface area contributed by atoms with Crippen LogP contribution in [0.4, 0.5) is 10.5 Å². The highest BCUT2D eigenvalue weighted by Crippen LogP contribution is 2.36. The van der Waals surface area contributed by atoms with Crippen molar-refractivity contribution in [3.05, 3.63) is 65.2 Å². The van der Waals surface area contributed by atoms with Gasteiger partial charge in [-0.15, -0.1) is 0 Å². The minimum absolute atomic E-state index is 0.213. The number of hydrogen-bond acceptors (Lipinski definition) is 3. The maximum absolute atomic E-state index is 13.1. The average Bonchev–Trinajstić information content (AvgIpc) is 2.62. The molecule has 26 heavy (non-hydrogen) atoms. The van der Waals surface area contributed by atoms with E-state index in [2.05, 4.69) is 5.32 Å². The first-order valence-corrected chi connectivity index (χ1v) is 8.63.